The number of rotatable bonds is 6. The van der Waals surface area contributed by atoms with E-state index in [-0.39, 0.29) is 44.1 Å². The summed E-state index contributed by atoms with van der Waals surface area (Å²) in [5.41, 5.74) is 15.8. The van der Waals surface area contributed by atoms with Crippen LogP contribution in [0, 0.1) is 47.4 Å². The van der Waals surface area contributed by atoms with Gasteiger partial charge in [-0.05, 0) is 218 Å². The SMILES string of the molecule is C[C@@H](N=C(N[C@H](C)c1ccccc1)c1c2cccc1-c1ccc(cc1)C#Cc1ccccc1C(=O)OCCCC=CCCCOC(=O)c1ccccc1C#Cc1ccc(cc1)-c1cccc(c1C(=O)O)-c1ccc(cc1)C#Cc1ccccc1C(=O)OCCCC=CCCCOC(=O)c1ccccc1C#Cc1ccc-2cc1)c1ccccc1. The maximum absolute atomic E-state index is 13.6. The molecule has 0 unspecified atom stereocenters. The van der Waals surface area contributed by atoms with E-state index in [4.69, 9.17) is 23.9 Å². The van der Waals surface area contributed by atoms with Crippen molar-refractivity contribution in [1.82, 2.24) is 5.32 Å². The lowest BCUT2D eigenvalue weighted by Gasteiger charge is -2.24. The zero-order valence-electron chi connectivity index (χ0n) is 65.7. The Labute approximate surface area is 690 Å². The van der Waals surface area contributed by atoms with E-state index in [1.165, 1.54) is 0 Å². The van der Waals surface area contributed by atoms with Gasteiger partial charge >= 0.3 is 29.8 Å². The maximum Gasteiger partial charge on any atom is 0.339 e. The van der Waals surface area contributed by atoms with Crippen LogP contribution < -0.4 is 5.32 Å². The lowest BCUT2D eigenvalue weighted by atomic mass is 9.89. The van der Waals surface area contributed by atoms with E-state index in [0.717, 1.165) is 50.1 Å². The first-order chi connectivity index (χ1) is 57.9. The normalized spacial score (nSPS) is 13.9. The molecule has 7 aliphatic heterocycles. The quantitative estimate of drug-likeness (QED) is 0.0406. The van der Waals surface area contributed by atoms with Gasteiger partial charge in [0, 0.05) is 56.1 Å². The average molecular weight is 1550 g/mol. The number of allylic oxidation sites excluding steroid dienone is 4. The second-order valence-corrected chi connectivity index (χ2v) is 28.1. The van der Waals surface area contributed by atoms with Crippen LogP contribution in [0.25, 0.3) is 44.5 Å². The first kappa shape index (κ1) is 81.2. The standard InChI is InChI=1S/C106H86N2O10/c1-75(81-31-13-11-14-32-81)107-101(108-76(2)82-33-15-12-16-34-82)99-91-43-29-44-92(99)88-65-53-78(54-66-88)48-60-84-36-18-22-40-96(84)104(112)116-72-26-8-4-6-10-28-74-118-106(114)98-42-24-20-38-86(98)62-50-80-57-69-90(70-58-80)94-46-30-45-93(100(94)102(109)110)89-67-55-79(56-68-89)49-61-85-37-19-23-41-97(85)105(113)117-73-27-9-5-3-7-25-71-115-103(111)95-39-21-17-35-83(95)59-47-77-51-63-87(91)64-52-77/h3-6,11-24,29-46,51-58,63-70,75-76H,7-10,25-28,71-74H2,1-2H3,(H,107,108)(H,109,110)/t75-,76-/m1/s1. The van der Waals surface area contributed by atoms with Crippen molar-refractivity contribution in [1.29, 1.82) is 0 Å². The van der Waals surface area contributed by atoms with Crippen LogP contribution in [-0.4, -0.2) is 67.2 Å². The fraction of sp³-hybridized carbons (Fsp3) is 0.151. The molecule has 580 valence electrons. The van der Waals surface area contributed by atoms with Crippen LogP contribution in [0.5, 0.6) is 0 Å². The molecular formula is C106H86N2O10. The second kappa shape index (κ2) is 41.3. The van der Waals surface area contributed by atoms with Gasteiger partial charge in [0.15, 0.2) is 0 Å². The van der Waals surface area contributed by atoms with Crippen LogP contribution in [-0.2, 0) is 18.9 Å². The topological polar surface area (TPSA) is 167 Å². The van der Waals surface area contributed by atoms with Crippen molar-refractivity contribution < 1.29 is 48.0 Å². The molecule has 0 aromatic heterocycles. The number of esters is 4. The molecule has 2 N–H and O–H groups in total. The Hall–Kier alpha value is -14.8. The van der Waals surface area contributed by atoms with Gasteiger partial charge in [0.25, 0.3) is 0 Å². The number of carboxylic acid groups (broad SMARTS) is 1. The molecule has 0 saturated carbocycles. The van der Waals surface area contributed by atoms with E-state index in [2.05, 4.69) is 133 Å². The molecular weight excluding hydrogens is 1460 g/mol. The Morgan fingerprint density at radius 1 is 0.314 bits per heavy atom. The van der Waals surface area contributed by atoms with Gasteiger partial charge in [0.2, 0.25) is 0 Å². The predicted molar refractivity (Wildman–Crippen MR) is 467 cm³/mol. The van der Waals surface area contributed by atoms with E-state index in [1.54, 1.807) is 72.8 Å². The van der Waals surface area contributed by atoms with Gasteiger partial charge in [-0.15, -0.1) is 0 Å². The molecule has 2 atom stereocenters. The minimum atomic E-state index is -1.09. The summed E-state index contributed by atoms with van der Waals surface area (Å²) in [6.07, 6.45) is 13.3. The zero-order chi connectivity index (χ0) is 81.6. The monoisotopic (exact) mass is 1550 g/mol. The van der Waals surface area contributed by atoms with Crippen molar-refractivity contribution in [2.24, 2.45) is 4.99 Å². The van der Waals surface area contributed by atoms with Gasteiger partial charge < -0.3 is 29.4 Å². The number of hydrogen-bond acceptors (Lipinski definition) is 10. The highest BCUT2D eigenvalue weighted by Gasteiger charge is 2.24. The predicted octanol–water partition coefficient (Wildman–Crippen LogP) is 22.1. The van der Waals surface area contributed by atoms with Gasteiger partial charge in [0.1, 0.15) is 5.84 Å². The van der Waals surface area contributed by atoms with E-state index < -0.39 is 29.8 Å². The summed E-state index contributed by atoms with van der Waals surface area (Å²) in [7, 11) is 0. The molecule has 7 heterocycles. The largest absolute Gasteiger partial charge is 0.478 e. The minimum absolute atomic E-state index is 0.134. The van der Waals surface area contributed by atoms with Crippen molar-refractivity contribution in [3.8, 4) is 91.9 Å². The van der Waals surface area contributed by atoms with Crippen LogP contribution in [0.1, 0.15) is 190 Å². The molecule has 118 heavy (non-hydrogen) atoms. The summed E-state index contributed by atoms with van der Waals surface area (Å²) in [5, 5.41) is 14.6. The Morgan fingerprint density at radius 3 is 0.873 bits per heavy atom. The third kappa shape index (κ3) is 21.9. The minimum Gasteiger partial charge on any atom is -0.478 e. The van der Waals surface area contributed by atoms with Crippen molar-refractivity contribution in [2.75, 3.05) is 26.4 Å². The maximum atomic E-state index is 13.6. The molecule has 0 aliphatic carbocycles. The number of benzene rings is 12. The molecule has 0 saturated heterocycles. The van der Waals surface area contributed by atoms with Crippen LogP contribution >= 0.6 is 0 Å². The molecule has 7 aliphatic rings. The molecule has 12 nitrogen and oxygen atoms in total. The Morgan fingerprint density at radius 2 is 0.576 bits per heavy atom. The summed E-state index contributed by atoms with van der Waals surface area (Å²) in [4.78, 5) is 72.7. The van der Waals surface area contributed by atoms with E-state index in [1.807, 2.05) is 176 Å². The molecule has 12 aromatic rings. The lowest BCUT2D eigenvalue weighted by molar-refractivity contribution is 0.0491. The summed E-state index contributed by atoms with van der Waals surface area (Å²) in [6.45, 7) is 5.09. The van der Waals surface area contributed by atoms with Crippen molar-refractivity contribution in [3.05, 3.63) is 405 Å². The summed E-state index contributed by atoms with van der Waals surface area (Å²) in [5.74, 6) is 23.5. The summed E-state index contributed by atoms with van der Waals surface area (Å²) >= 11 is 0. The number of carbonyl (C=O) groups is 5. The molecule has 0 fully saturated rings. The highest BCUT2D eigenvalue weighted by atomic mass is 16.5. The third-order valence-electron chi connectivity index (χ3n) is 19.9. The van der Waals surface area contributed by atoms with Crippen LogP contribution in [0.4, 0.5) is 0 Å². The number of aromatic carboxylic acids is 1. The first-order valence-electron chi connectivity index (χ1n) is 39.7. The van der Waals surface area contributed by atoms with Gasteiger partial charge in [-0.3, -0.25) is 4.99 Å². The number of nitrogens with one attached hydrogen (secondary N) is 1. The Balaban J connectivity index is 0.726. The van der Waals surface area contributed by atoms with Gasteiger partial charge in [0.05, 0.1) is 60.3 Å². The number of carboxylic acids is 1. The second-order valence-electron chi connectivity index (χ2n) is 28.1. The Bertz CT molecular complexity index is 5650. The molecule has 0 spiro atoms. The molecule has 12 bridgehead atoms. The van der Waals surface area contributed by atoms with Crippen molar-refractivity contribution >= 4 is 35.7 Å². The van der Waals surface area contributed by atoms with Crippen molar-refractivity contribution in [3.63, 3.8) is 0 Å². The Kier molecular flexibility index (Phi) is 28.4. The fourth-order valence-corrected chi connectivity index (χ4v) is 13.6. The average Bonchev–Trinajstić information content (AvgIpc) is 0.778. The van der Waals surface area contributed by atoms with Crippen LogP contribution in [0.3, 0.4) is 0 Å². The van der Waals surface area contributed by atoms with Crippen LogP contribution in [0.2, 0.25) is 0 Å². The van der Waals surface area contributed by atoms with Gasteiger partial charge in [-0.25, -0.2) is 24.0 Å². The zero-order valence-corrected chi connectivity index (χ0v) is 65.7. The first-order valence-corrected chi connectivity index (χ1v) is 39.7. The molecule has 12 heteroatoms. The van der Waals surface area contributed by atoms with E-state index in [0.29, 0.717) is 135 Å². The van der Waals surface area contributed by atoms with E-state index >= 15 is 0 Å². The third-order valence-corrected chi connectivity index (χ3v) is 19.9. The number of ether oxygens (including phenoxy) is 4. The number of amidine groups is 1. The lowest BCUT2D eigenvalue weighted by Crippen LogP contribution is -2.29. The van der Waals surface area contributed by atoms with Crippen LogP contribution in [0.15, 0.2) is 320 Å². The highest BCUT2D eigenvalue weighted by molar-refractivity contribution is 6.10. The summed E-state index contributed by atoms with van der Waals surface area (Å²) in [6, 6.07) is 91.2. The van der Waals surface area contributed by atoms with Crippen molar-refractivity contribution in [2.45, 2.75) is 77.3 Å². The number of carbonyl (C=O) groups excluding carboxylic acids is 4. The van der Waals surface area contributed by atoms with Gasteiger partial charge in [-0.1, -0.05) is 266 Å². The summed E-state index contributed by atoms with van der Waals surface area (Å²) < 4.78 is 23.0. The molecule has 0 radical (unpaired) electrons. The van der Waals surface area contributed by atoms with Gasteiger partial charge in [-0.2, -0.15) is 0 Å². The number of hydrogen-bond donors (Lipinski definition) is 2. The fourth-order valence-electron chi connectivity index (χ4n) is 13.6. The number of aliphatic imine (C=N–C) groups is 1. The smallest absolute Gasteiger partial charge is 0.339 e. The number of nitrogens with zero attached hydrogens (tertiary/aromatic N) is 1. The molecule has 19 rings (SSSR count). The highest BCUT2D eigenvalue weighted by Crippen LogP contribution is 2.37. The molecule has 12 aromatic carbocycles. The van der Waals surface area contributed by atoms with E-state index in [9.17, 15) is 29.1 Å². The molecule has 0 amide bonds.